The second kappa shape index (κ2) is 7.68. The van der Waals surface area contributed by atoms with Crippen LogP contribution in [0, 0.1) is 0 Å². The van der Waals surface area contributed by atoms with Gasteiger partial charge in [-0.05, 0) is 31.8 Å². The molecule has 2 N–H and O–H groups in total. The molecule has 0 saturated heterocycles. The Morgan fingerprint density at radius 3 is 2.56 bits per heavy atom. The molecule has 1 aromatic rings. The molecule has 0 spiro atoms. The van der Waals surface area contributed by atoms with Crippen molar-refractivity contribution in [2.24, 2.45) is 0 Å². The molecule has 0 aliphatic rings. The van der Waals surface area contributed by atoms with Gasteiger partial charge in [-0.15, -0.1) is 0 Å². The van der Waals surface area contributed by atoms with Crippen LogP contribution in [-0.2, 0) is 11.3 Å². The summed E-state index contributed by atoms with van der Waals surface area (Å²) in [7, 11) is 4.08. The van der Waals surface area contributed by atoms with Crippen molar-refractivity contribution in [3.63, 3.8) is 0 Å². The normalized spacial score (nSPS) is 10.6. The fourth-order valence-corrected chi connectivity index (χ4v) is 1.38. The number of carboxylic acids is 1. The minimum absolute atomic E-state index is 0.305. The highest BCUT2D eigenvalue weighted by Crippen LogP contribution is 2.11. The van der Waals surface area contributed by atoms with Crippen LogP contribution in [0.2, 0.25) is 0 Å². The monoisotopic (exact) mass is 252 g/mol. The summed E-state index contributed by atoms with van der Waals surface area (Å²) in [6.45, 7) is 2.43. The molecule has 0 radical (unpaired) electrons. The second-order valence-corrected chi connectivity index (χ2v) is 4.31. The molecule has 1 aromatic carbocycles. The number of ether oxygens (including phenoxy) is 1. The Balaban J connectivity index is 2.29. The number of aliphatic carboxylic acids is 1. The number of likely N-dealkylation sites (N-methyl/N-ethyl adjacent to an activating group) is 1. The lowest BCUT2D eigenvalue weighted by Gasteiger charge is -2.10. The van der Waals surface area contributed by atoms with Gasteiger partial charge in [-0.2, -0.15) is 0 Å². The van der Waals surface area contributed by atoms with E-state index in [0.717, 1.165) is 25.2 Å². The third kappa shape index (κ3) is 6.22. The molecular weight excluding hydrogens is 232 g/mol. The highest BCUT2D eigenvalue weighted by molar-refractivity contribution is 5.68. The summed E-state index contributed by atoms with van der Waals surface area (Å²) >= 11 is 0. The molecule has 5 nitrogen and oxygen atoms in total. The Kier molecular flexibility index (Phi) is 6.18. The predicted octanol–water partition coefficient (Wildman–Crippen LogP) is 0.801. The highest BCUT2D eigenvalue weighted by atomic mass is 16.5. The molecule has 0 aliphatic heterocycles. The average molecular weight is 252 g/mol. The Labute approximate surface area is 107 Å². The summed E-state index contributed by atoms with van der Waals surface area (Å²) < 4.78 is 5.05. The third-order valence-corrected chi connectivity index (χ3v) is 2.35. The predicted molar refractivity (Wildman–Crippen MR) is 69.8 cm³/mol. The van der Waals surface area contributed by atoms with E-state index < -0.39 is 5.97 Å². The van der Waals surface area contributed by atoms with Crippen LogP contribution >= 0.6 is 0 Å². The van der Waals surface area contributed by atoms with Gasteiger partial charge < -0.3 is 20.1 Å². The van der Waals surface area contributed by atoms with Crippen molar-refractivity contribution < 1.29 is 14.6 Å². The Bertz CT molecular complexity index is 363. The van der Waals surface area contributed by atoms with Crippen LogP contribution in [0.5, 0.6) is 5.75 Å². The zero-order valence-corrected chi connectivity index (χ0v) is 10.8. The number of hydrogen-bond acceptors (Lipinski definition) is 4. The highest BCUT2D eigenvalue weighted by Gasteiger charge is 1.99. The molecule has 0 heterocycles. The van der Waals surface area contributed by atoms with E-state index in [1.165, 1.54) is 0 Å². The van der Waals surface area contributed by atoms with Gasteiger partial charge in [-0.1, -0.05) is 12.1 Å². The topological polar surface area (TPSA) is 61.8 Å². The number of nitrogens with zero attached hydrogens (tertiary/aromatic N) is 1. The van der Waals surface area contributed by atoms with E-state index in [4.69, 9.17) is 9.84 Å². The van der Waals surface area contributed by atoms with E-state index in [1.54, 1.807) is 12.1 Å². The number of carbonyl (C=O) groups is 1. The van der Waals surface area contributed by atoms with Gasteiger partial charge in [0.25, 0.3) is 0 Å². The van der Waals surface area contributed by atoms with Crippen LogP contribution in [0.15, 0.2) is 24.3 Å². The average Bonchev–Trinajstić information content (AvgIpc) is 2.33. The number of hydrogen-bond donors (Lipinski definition) is 2. The first kappa shape index (κ1) is 14.5. The van der Waals surface area contributed by atoms with Gasteiger partial charge in [0.1, 0.15) is 5.75 Å². The standard InChI is InChI=1S/C13H20N2O3/c1-15(2)8-7-14-9-11-3-5-12(6-4-11)18-10-13(16)17/h3-6,14H,7-10H2,1-2H3,(H,16,17). The van der Waals surface area contributed by atoms with Crippen molar-refractivity contribution >= 4 is 5.97 Å². The lowest BCUT2D eigenvalue weighted by molar-refractivity contribution is -0.139. The molecule has 18 heavy (non-hydrogen) atoms. The van der Waals surface area contributed by atoms with Gasteiger partial charge >= 0.3 is 5.97 Å². The fourth-order valence-electron chi connectivity index (χ4n) is 1.38. The van der Waals surface area contributed by atoms with Crippen LogP contribution in [0.1, 0.15) is 5.56 Å². The third-order valence-electron chi connectivity index (χ3n) is 2.35. The van der Waals surface area contributed by atoms with E-state index in [1.807, 2.05) is 26.2 Å². The maximum atomic E-state index is 10.3. The number of carboxylic acid groups (broad SMARTS) is 1. The number of nitrogens with one attached hydrogen (secondary N) is 1. The van der Waals surface area contributed by atoms with Crippen LogP contribution < -0.4 is 10.1 Å². The lowest BCUT2D eigenvalue weighted by atomic mass is 10.2. The molecule has 0 bridgehead atoms. The zero-order chi connectivity index (χ0) is 13.4. The van der Waals surface area contributed by atoms with Crippen molar-refractivity contribution in [3.8, 4) is 5.75 Å². The smallest absolute Gasteiger partial charge is 0.341 e. The molecule has 0 aliphatic carbocycles. The first-order valence-corrected chi connectivity index (χ1v) is 5.87. The Hall–Kier alpha value is -1.59. The molecule has 100 valence electrons. The number of benzene rings is 1. The van der Waals surface area contributed by atoms with Crippen molar-refractivity contribution in [3.05, 3.63) is 29.8 Å². The van der Waals surface area contributed by atoms with Crippen molar-refractivity contribution in [2.75, 3.05) is 33.8 Å². The molecular formula is C13H20N2O3. The van der Waals surface area contributed by atoms with E-state index >= 15 is 0 Å². The van der Waals surface area contributed by atoms with Gasteiger partial charge in [0.2, 0.25) is 0 Å². The summed E-state index contributed by atoms with van der Waals surface area (Å²) in [5, 5.41) is 11.8. The van der Waals surface area contributed by atoms with Crippen LogP contribution in [0.25, 0.3) is 0 Å². The maximum Gasteiger partial charge on any atom is 0.341 e. The van der Waals surface area contributed by atoms with E-state index in [0.29, 0.717) is 5.75 Å². The SMILES string of the molecule is CN(C)CCNCc1ccc(OCC(=O)O)cc1. The van der Waals surface area contributed by atoms with Gasteiger partial charge in [-0.3, -0.25) is 0 Å². The van der Waals surface area contributed by atoms with E-state index in [-0.39, 0.29) is 6.61 Å². The molecule has 5 heteroatoms. The molecule has 0 saturated carbocycles. The van der Waals surface area contributed by atoms with E-state index in [2.05, 4.69) is 10.2 Å². The van der Waals surface area contributed by atoms with Crippen LogP contribution in [-0.4, -0.2) is 49.8 Å². The summed E-state index contributed by atoms with van der Waals surface area (Å²) in [6.07, 6.45) is 0. The quantitative estimate of drug-likeness (QED) is 0.670. The lowest BCUT2D eigenvalue weighted by Crippen LogP contribution is -2.26. The largest absolute Gasteiger partial charge is 0.482 e. The molecule has 0 atom stereocenters. The van der Waals surface area contributed by atoms with Gasteiger partial charge in [0, 0.05) is 19.6 Å². The minimum Gasteiger partial charge on any atom is -0.482 e. The van der Waals surface area contributed by atoms with E-state index in [9.17, 15) is 4.79 Å². The van der Waals surface area contributed by atoms with Crippen molar-refractivity contribution in [2.45, 2.75) is 6.54 Å². The van der Waals surface area contributed by atoms with Gasteiger partial charge in [0.15, 0.2) is 6.61 Å². The second-order valence-electron chi connectivity index (χ2n) is 4.31. The van der Waals surface area contributed by atoms with Crippen molar-refractivity contribution in [1.82, 2.24) is 10.2 Å². The molecule has 0 fully saturated rings. The van der Waals surface area contributed by atoms with Crippen LogP contribution in [0.3, 0.4) is 0 Å². The number of rotatable bonds is 8. The molecule has 0 unspecified atom stereocenters. The first-order valence-electron chi connectivity index (χ1n) is 5.87. The summed E-state index contributed by atoms with van der Waals surface area (Å²) in [6, 6.07) is 7.43. The summed E-state index contributed by atoms with van der Waals surface area (Å²) in [5.41, 5.74) is 1.15. The minimum atomic E-state index is -0.968. The van der Waals surface area contributed by atoms with Gasteiger partial charge in [-0.25, -0.2) is 4.79 Å². The Morgan fingerprint density at radius 2 is 2.00 bits per heavy atom. The maximum absolute atomic E-state index is 10.3. The molecule has 0 amide bonds. The van der Waals surface area contributed by atoms with Crippen molar-refractivity contribution in [1.29, 1.82) is 0 Å². The summed E-state index contributed by atoms with van der Waals surface area (Å²) in [4.78, 5) is 12.5. The zero-order valence-electron chi connectivity index (χ0n) is 10.8. The Morgan fingerprint density at radius 1 is 1.33 bits per heavy atom. The first-order chi connectivity index (χ1) is 8.58. The molecule has 1 rings (SSSR count). The van der Waals surface area contributed by atoms with Crippen LogP contribution in [0.4, 0.5) is 0 Å². The summed E-state index contributed by atoms with van der Waals surface area (Å²) in [5.74, 6) is -0.390. The van der Waals surface area contributed by atoms with Gasteiger partial charge in [0.05, 0.1) is 0 Å². The fraction of sp³-hybridized carbons (Fsp3) is 0.462. The molecule has 0 aromatic heterocycles.